The Balaban J connectivity index is 2.12. The molecule has 1 rings (SSSR count). The summed E-state index contributed by atoms with van der Waals surface area (Å²) in [6.45, 7) is 0.469. The molecule has 1 aromatic carbocycles. The molecule has 20 heavy (non-hydrogen) atoms. The normalized spacial score (nSPS) is 11.2. The van der Waals surface area contributed by atoms with Crippen molar-refractivity contribution in [3.05, 3.63) is 29.3 Å². The summed E-state index contributed by atoms with van der Waals surface area (Å²) >= 11 is 5.80. The van der Waals surface area contributed by atoms with E-state index < -0.39 is 0 Å². The van der Waals surface area contributed by atoms with E-state index >= 15 is 0 Å². The highest BCUT2D eigenvalue weighted by Crippen LogP contribution is 2.16. The zero-order chi connectivity index (χ0) is 14.8. The second kappa shape index (κ2) is 9.03. The summed E-state index contributed by atoms with van der Waals surface area (Å²) in [7, 11) is 0. The summed E-state index contributed by atoms with van der Waals surface area (Å²) in [6, 6.07) is 6.86. The van der Waals surface area contributed by atoms with Crippen molar-refractivity contribution in [3.63, 3.8) is 0 Å². The number of nitrogens with zero attached hydrogens (tertiary/aromatic N) is 1. The van der Waals surface area contributed by atoms with E-state index in [1.807, 2.05) is 0 Å². The number of rotatable bonds is 8. The Bertz CT molecular complexity index is 466. The van der Waals surface area contributed by atoms with Crippen LogP contribution >= 0.6 is 11.6 Å². The molecule has 1 amide bonds. The fraction of sp³-hybridized carbons (Fsp3) is 0.385. The van der Waals surface area contributed by atoms with Crippen molar-refractivity contribution < 1.29 is 14.7 Å². The molecule has 0 saturated carbocycles. The predicted molar refractivity (Wildman–Crippen MR) is 77.2 cm³/mol. The summed E-state index contributed by atoms with van der Waals surface area (Å²) in [5, 5.41) is 14.5. The third-order valence-electron chi connectivity index (χ3n) is 2.48. The number of carbonyl (C=O) groups excluding carboxylic acids is 1. The van der Waals surface area contributed by atoms with Gasteiger partial charge in [-0.05, 0) is 31.0 Å². The average Bonchev–Trinajstić information content (AvgIpc) is 2.44. The lowest BCUT2D eigenvalue weighted by atomic mass is 10.2. The number of ether oxygens (including phenoxy) is 1. The Hall–Kier alpha value is -1.95. The fourth-order valence-electron chi connectivity index (χ4n) is 1.47. The maximum atomic E-state index is 11.5. The van der Waals surface area contributed by atoms with Crippen LogP contribution < -0.4 is 15.8 Å². The van der Waals surface area contributed by atoms with Crippen LogP contribution in [0.5, 0.6) is 5.75 Å². The first kappa shape index (κ1) is 16.1. The van der Waals surface area contributed by atoms with Gasteiger partial charge in [0, 0.05) is 18.0 Å². The number of carbonyl (C=O) groups is 1. The van der Waals surface area contributed by atoms with Crippen LogP contribution in [-0.2, 0) is 4.79 Å². The van der Waals surface area contributed by atoms with E-state index in [0.29, 0.717) is 23.7 Å². The molecular formula is C13H18ClN3O3. The van der Waals surface area contributed by atoms with Crippen LogP contribution in [0, 0.1) is 0 Å². The standard InChI is InChI=1S/C13H18ClN3O3/c14-10-4-3-5-11(8-10)20-9-13(18)16-7-2-1-6-12(15)17-19/h3-5,8,19H,1-2,6-7,9H2,(H2,15,17)(H,16,18). The highest BCUT2D eigenvalue weighted by Gasteiger charge is 2.02. The first-order chi connectivity index (χ1) is 9.61. The van der Waals surface area contributed by atoms with Crippen molar-refractivity contribution in [3.8, 4) is 5.75 Å². The van der Waals surface area contributed by atoms with Gasteiger partial charge < -0.3 is 21.0 Å². The van der Waals surface area contributed by atoms with Crippen molar-refractivity contribution in [1.82, 2.24) is 5.32 Å². The highest BCUT2D eigenvalue weighted by molar-refractivity contribution is 6.30. The monoisotopic (exact) mass is 299 g/mol. The van der Waals surface area contributed by atoms with Crippen LogP contribution in [-0.4, -0.2) is 30.1 Å². The minimum atomic E-state index is -0.200. The largest absolute Gasteiger partial charge is 0.484 e. The molecule has 0 aliphatic carbocycles. The molecule has 110 valence electrons. The van der Waals surface area contributed by atoms with Gasteiger partial charge in [0.05, 0.1) is 0 Å². The van der Waals surface area contributed by atoms with Gasteiger partial charge in [-0.15, -0.1) is 0 Å². The highest BCUT2D eigenvalue weighted by atomic mass is 35.5. The van der Waals surface area contributed by atoms with E-state index in [2.05, 4.69) is 10.5 Å². The Morgan fingerprint density at radius 1 is 1.45 bits per heavy atom. The molecule has 0 heterocycles. The van der Waals surface area contributed by atoms with Crippen LogP contribution in [0.3, 0.4) is 0 Å². The minimum absolute atomic E-state index is 0.0550. The van der Waals surface area contributed by atoms with Gasteiger partial charge in [-0.2, -0.15) is 0 Å². The Morgan fingerprint density at radius 2 is 2.25 bits per heavy atom. The molecule has 0 saturated heterocycles. The SMILES string of the molecule is NC(CCCCNC(=O)COc1cccc(Cl)c1)=NO. The lowest BCUT2D eigenvalue weighted by molar-refractivity contribution is -0.123. The van der Waals surface area contributed by atoms with Crippen molar-refractivity contribution in [2.24, 2.45) is 10.9 Å². The number of benzene rings is 1. The third-order valence-corrected chi connectivity index (χ3v) is 2.71. The average molecular weight is 300 g/mol. The van der Waals surface area contributed by atoms with Crippen LogP contribution in [0.15, 0.2) is 29.4 Å². The third kappa shape index (κ3) is 6.84. The lowest BCUT2D eigenvalue weighted by Crippen LogP contribution is -2.29. The van der Waals surface area contributed by atoms with Crippen LogP contribution in [0.2, 0.25) is 5.02 Å². The van der Waals surface area contributed by atoms with Gasteiger partial charge in [0.25, 0.3) is 5.91 Å². The van der Waals surface area contributed by atoms with Crippen LogP contribution in [0.1, 0.15) is 19.3 Å². The van der Waals surface area contributed by atoms with Crippen molar-refractivity contribution in [1.29, 1.82) is 0 Å². The van der Waals surface area contributed by atoms with Gasteiger partial charge in [-0.25, -0.2) is 0 Å². The van der Waals surface area contributed by atoms with Crippen molar-refractivity contribution >= 4 is 23.3 Å². The fourth-order valence-corrected chi connectivity index (χ4v) is 1.65. The summed E-state index contributed by atoms with van der Waals surface area (Å²) in [5.74, 6) is 0.550. The van der Waals surface area contributed by atoms with Gasteiger partial charge in [-0.3, -0.25) is 4.79 Å². The number of oxime groups is 1. The molecule has 0 radical (unpaired) electrons. The zero-order valence-electron chi connectivity index (χ0n) is 11.0. The summed E-state index contributed by atoms with van der Waals surface area (Å²) in [4.78, 5) is 11.5. The number of nitrogens with one attached hydrogen (secondary N) is 1. The van der Waals surface area contributed by atoms with Gasteiger partial charge in [0.2, 0.25) is 0 Å². The van der Waals surface area contributed by atoms with Gasteiger partial charge in [0.1, 0.15) is 11.6 Å². The van der Waals surface area contributed by atoms with Crippen LogP contribution in [0.25, 0.3) is 0 Å². The second-order valence-electron chi connectivity index (χ2n) is 4.14. The summed E-state index contributed by atoms with van der Waals surface area (Å²) in [6.07, 6.45) is 2.00. The number of hydrogen-bond donors (Lipinski definition) is 3. The van der Waals surface area contributed by atoms with Crippen LogP contribution in [0.4, 0.5) is 0 Å². The van der Waals surface area contributed by atoms with Gasteiger partial charge >= 0.3 is 0 Å². The molecule has 0 aliphatic rings. The number of nitrogens with two attached hydrogens (primary N) is 1. The van der Waals surface area contributed by atoms with E-state index in [-0.39, 0.29) is 18.3 Å². The number of halogens is 1. The predicted octanol–water partition coefficient (Wildman–Crippen LogP) is 1.75. The van der Waals surface area contributed by atoms with Crippen molar-refractivity contribution in [2.45, 2.75) is 19.3 Å². The molecular weight excluding hydrogens is 282 g/mol. The number of unbranched alkanes of at least 4 members (excludes halogenated alkanes) is 1. The molecule has 0 fully saturated rings. The second-order valence-corrected chi connectivity index (χ2v) is 4.58. The quantitative estimate of drug-likeness (QED) is 0.224. The number of hydrogen-bond acceptors (Lipinski definition) is 4. The maximum absolute atomic E-state index is 11.5. The zero-order valence-corrected chi connectivity index (χ0v) is 11.8. The topological polar surface area (TPSA) is 96.9 Å². The Kier molecular flexibility index (Phi) is 7.27. The Morgan fingerprint density at radius 3 is 2.95 bits per heavy atom. The minimum Gasteiger partial charge on any atom is -0.484 e. The number of amides is 1. The first-order valence-electron chi connectivity index (χ1n) is 6.23. The smallest absolute Gasteiger partial charge is 0.257 e. The molecule has 0 spiro atoms. The van der Waals surface area contributed by atoms with E-state index in [9.17, 15) is 4.79 Å². The lowest BCUT2D eigenvalue weighted by Gasteiger charge is -2.07. The molecule has 0 atom stereocenters. The number of amidine groups is 1. The molecule has 0 unspecified atom stereocenters. The first-order valence-corrected chi connectivity index (χ1v) is 6.61. The van der Waals surface area contributed by atoms with Gasteiger partial charge in [-0.1, -0.05) is 22.8 Å². The van der Waals surface area contributed by atoms with Gasteiger partial charge in [0.15, 0.2) is 6.61 Å². The molecule has 4 N–H and O–H groups in total. The molecule has 0 bridgehead atoms. The maximum Gasteiger partial charge on any atom is 0.257 e. The van der Waals surface area contributed by atoms with Crippen molar-refractivity contribution in [2.75, 3.05) is 13.2 Å². The molecule has 0 aliphatic heterocycles. The van der Waals surface area contributed by atoms with E-state index in [0.717, 1.165) is 12.8 Å². The molecule has 1 aromatic rings. The Labute approximate surface area is 122 Å². The van der Waals surface area contributed by atoms with E-state index in [4.69, 9.17) is 27.3 Å². The molecule has 7 heteroatoms. The molecule has 6 nitrogen and oxygen atoms in total. The van der Waals surface area contributed by atoms with E-state index in [1.54, 1.807) is 24.3 Å². The van der Waals surface area contributed by atoms with E-state index in [1.165, 1.54) is 0 Å². The summed E-state index contributed by atoms with van der Waals surface area (Å²) < 4.78 is 5.29. The molecule has 0 aromatic heterocycles. The summed E-state index contributed by atoms with van der Waals surface area (Å²) in [5.41, 5.74) is 5.32.